The molecule has 0 bridgehead atoms. The Balaban J connectivity index is 1.60. The number of nitrogens with zero attached hydrogens (tertiary/aromatic N) is 1. The quantitative estimate of drug-likeness (QED) is 0.307. The lowest BCUT2D eigenvalue weighted by Crippen LogP contribution is -2.29. The molecule has 9 nitrogen and oxygen atoms in total. The summed E-state index contributed by atoms with van der Waals surface area (Å²) in [5.41, 5.74) is 3.19. The normalized spacial score (nSPS) is 11.9. The number of pyridine rings is 1. The second-order valence-corrected chi connectivity index (χ2v) is 9.13. The van der Waals surface area contributed by atoms with Crippen LogP contribution < -0.4 is 10.0 Å². The Hall–Kier alpha value is -3.61. The molecule has 0 aliphatic rings. The molecule has 1 amide bonds. The molecule has 0 aliphatic carbocycles. The van der Waals surface area contributed by atoms with E-state index in [0.29, 0.717) is 17.0 Å². The van der Waals surface area contributed by atoms with Gasteiger partial charge in [-0.05, 0) is 41.8 Å². The number of aromatic nitrogens is 2. The van der Waals surface area contributed by atoms with Crippen LogP contribution in [0, 0.1) is 0 Å². The molecule has 0 saturated heterocycles. The van der Waals surface area contributed by atoms with Crippen LogP contribution in [-0.4, -0.2) is 55.8 Å². The highest BCUT2D eigenvalue weighted by Crippen LogP contribution is 2.29. The molecule has 182 valence electrons. The van der Waals surface area contributed by atoms with E-state index in [0.717, 1.165) is 22.8 Å². The van der Waals surface area contributed by atoms with Crippen molar-refractivity contribution in [1.29, 1.82) is 0 Å². The van der Waals surface area contributed by atoms with Crippen LogP contribution in [0.15, 0.2) is 42.6 Å². The van der Waals surface area contributed by atoms with E-state index in [-0.39, 0.29) is 25.3 Å². The second kappa shape index (κ2) is 10.1. The molecule has 3 rings (SSSR count). The third-order valence-corrected chi connectivity index (χ3v) is 5.15. The average molecular weight is 498 g/mol. The lowest BCUT2D eigenvalue weighted by Gasteiger charge is -2.07. The number of carbonyl (C=O) groups excluding carboxylic acids is 2. The highest BCUT2D eigenvalue weighted by atomic mass is 32.2. The Bertz CT molecular complexity index is 1290. The van der Waals surface area contributed by atoms with Gasteiger partial charge in [-0.2, -0.15) is 13.2 Å². The van der Waals surface area contributed by atoms with Gasteiger partial charge in [0, 0.05) is 29.5 Å². The standard InChI is InChI=1S/C21H21F3N4O5S/c1-34(31,32)28-14-5-3-13(4-6-14)16-7-9-26-19-17(16)11-15(27-19)12-18(29)25-8-2-10-33-20(30)21(22,23)24/h3-7,9,11,28H,2,8,10,12H2,1H3,(H,25,29)(H,26,27). The molecule has 0 aliphatic heterocycles. The van der Waals surface area contributed by atoms with Crippen molar-refractivity contribution in [2.45, 2.75) is 19.0 Å². The summed E-state index contributed by atoms with van der Waals surface area (Å²) in [5.74, 6) is -2.63. The molecule has 2 heterocycles. The zero-order chi connectivity index (χ0) is 24.9. The van der Waals surface area contributed by atoms with Crippen LogP contribution in [0.1, 0.15) is 12.1 Å². The molecule has 0 radical (unpaired) electrons. The van der Waals surface area contributed by atoms with Gasteiger partial charge in [-0.15, -0.1) is 0 Å². The highest BCUT2D eigenvalue weighted by molar-refractivity contribution is 7.92. The SMILES string of the molecule is CS(=O)(=O)Nc1ccc(-c2ccnc3[nH]c(CC(=O)NCCCOC(=O)C(F)(F)F)cc23)cc1. The lowest BCUT2D eigenvalue weighted by molar-refractivity contribution is -0.199. The van der Waals surface area contributed by atoms with Crippen molar-refractivity contribution in [3.8, 4) is 11.1 Å². The summed E-state index contributed by atoms with van der Waals surface area (Å²) in [6, 6.07) is 10.3. The van der Waals surface area contributed by atoms with Crippen LogP contribution in [0.25, 0.3) is 22.2 Å². The molecule has 0 atom stereocenters. The number of rotatable bonds is 9. The van der Waals surface area contributed by atoms with Crippen molar-refractivity contribution < 1.29 is 35.9 Å². The molecule has 0 spiro atoms. The molecule has 0 saturated carbocycles. The number of aromatic amines is 1. The number of alkyl halides is 3. The number of esters is 1. The maximum Gasteiger partial charge on any atom is 0.490 e. The number of fused-ring (bicyclic) bond motifs is 1. The van der Waals surface area contributed by atoms with Crippen LogP contribution >= 0.6 is 0 Å². The van der Waals surface area contributed by atoms with Crippen LogP contribution in [-0.2, 0) is 30.8 Å². The molecule has 34 heavy (non-hydrogen) atoms. The van der Waals surface area contributed by atoms with Crippen molar-refractivity contribution in [2.75, 3.05) is 24.1 Å². The number of halogens is 3. The summed E-state index contributed by atoms with van der Waals surface area (Å²) < 4.78 is 65.4. The van der Waals surface area contributed by atoms with Crippen molar-refractivity contribution in [2.24, 2.45) is 0 Å². The van der Waals surface area contributed by atoms with Gasteiger partial charge in [-0.25, -0.2) is 18.2 Å². The molecule has 2 aromatic heterocycles. The third kappa shape index (κ3) is 6.94. The number of hydrogen-bond acceptors (Lipinski definition) is 6. The van der Waals surface area contributed by atoms with E-state index in [4.69, 9.17) is 0 Å². The van der Waals surface area contributed by atoms with Gasteiger partial charge in [-0.1, -0.05) is 12.1 Å². The number of amides is 1. The Morgan fingerprint density at radius 1 is 1.15 bits per heavy atom. The van der Waals surface area contributed by atoms with Gasteiger partial charge in [0.15, 0.2) is 0 Å². The van der Waals surface area contributed by atoms with Crippen LogP contribution in [0.3, 0.4) is 0 Å². The van der Waals surface area contributed by atoms with Crippen LogP contribution in [0.2, 0.25) is 0 Å². The zero-order valence-corrected chi connectivity index (χ0v) is 18.7. The number of H-pyrrole nitrogens is 1. The Morgan fingerprint density at radius 3 is 2.50 bits per heavy atom. The van der Waals surface area contributed by atoms with E-state index in [1.165, 1.54) is 0 Å². The van der Waals surface area contributed by atoms with Gasteiger partial charge in [0.2, 0.25) is 15.9 Å². The number of ether oxygens (including phenoxy) is 1. The van der Waals surface area contributed by atoms with E-state index >= 15 is 0 Å². The monoisotopic (exact) mass is 498 g/mol. The largest absolute Gasteiger partial charge is 0.490 e. The van der Waals surface area contributed by atoms with Crippen molar-refractivity contribution in [1.82, 2.24) is 15.3 Å². The summed E-state index contributed by atoms with van der Waals surface area (Å²) in [6.07, 6.45) is -2.36. The van der Waals surface area contributed by atoms with Crippen LogP contribution in [0.4, 0.5) is 18.9 Å². The van der Waals surface area contributed by atoms with Gasteiger partial charge >= 0.3 is 12.1 Å². The van der Waals surface area contributed by atoms with E-state index in [1.807, 2.05) is 0 Å². The minimum Gasteiger partial charge on any atom is -0.459 e. The van der Waals surface area contributed by atoms with Gasteiger partial charge in [-0.3, -0.25) is 9.52 Å². The smallest absolute Gasteiger partial charge is 0.459 e. The van der Waals surface area contributed by atoms with E-state index in [2.05, 4.69) is 24.7 Å². The van der Waals surface area contributed by atoms with Gasteiger partial charge < -0.3 is 15.0 Å². The molecule has 0 unspecified atom stereocenters. The first-order chi connectivity index (χ1) is 15.9. The fraction of sp³-hybridized carbons (Fsp3) is 0.286. The number of sulfonamides is 1. The first-order valence-corrected chi connectivity index (χ1v) is 11.9. The zero-order valence-electron chi connectivity index (χ0n) is 17.9. The third-order valence-electron chi connectivity index (χ3n) is 4.55. The minimum atomic E-state index is -5.04. The maximum absolute atomic E-state index is 12.2. The van der Waals surface area contributed by atoms with Crippen LogP contribution in [0.5, 0.6) is 0 Å². The summed E-state index contributed by atoms with van der Waals surface area (Å²) in [5, 5.41) is 3.31. The molecule has 3 aromatic rings. The maximum atomic E-state index is 12.2. The minimum absolute atomic E-state index is 0.0185. The molecule has 1 aromatic carbocycles. The van der Waals surface area contributed by atoms with Crippen molar-refractivity contribution in [3.63, 3.8) is 0 Å². The molecule has 3 N–H and O–H groups in total. The first kappa shape index (κ1) is 25.0. The summed E-state index contributed by atoms with van der Waals surface area (Å²) >= 11 is 0. The second-order valence-electron chi connectivity index (χ2n) is 7.38. The number of carbonyl (C=O) groups is 2. The predicted octanol–water partition coefficient (Wildman–Crippen LogP) is 2.76. The number of nitrogens with one attached hydrogen (secondary N) is 3. The number of benzene rings is 1. The molecule has 13 heteroatoms. The van der Waals surface area contributed by atoms with E-state index < -0.39 is 28.8 Å². The molecule has 0 fully saturated rings. The van der Waals surface area contributed by atoms with Gasteiger partial charge in [0.25, 0.3) is 0 Å². The summed E-state index contributed by atoms with van der Waals surface area (Å²) in [7, 11) is -3.39. The molecular formula is C21H21F3N4O5S. The average Bonchev–Trinajstić information content (AvgIpc) is 3.14. The van der Waals surface area contributed by atoms with E-state index in [1.54, 1.807) is 42.6 Å². The topological polar surface area (TPSA) is 130 Å². The fourth-order valence-electron chi connectivity index (χ4n) is 3.14. The Morgan fingerprint density at radius 2 is 1.85 bits per heavy atom. The van der Waals surface area contributed by atoms with Gasteiger partial charge in [0.1, 0.15) is 5.65 Å². The van der Waals surface area contributed by atoms with Crippen molar-refractivity contribution in [3.05, 3.63) is 48.3 Å². The fourth-order valence-corrected chi connectivity index (χ4v) is 3.71. The van der Waals surface area contributed by atoms with E-state index in [9.17, 15) is 31.2 Å². The summed E-state index contributed by atoms with van der Waals surface area (Å²) in [4.78, 5) is 30.1. The predicted molar refractivity (Wildman–Crippen MR) is 118 cm³/mol. The first-order valence-electron chi connectivity index (χ1n) is 9.98. The lowest BCUT2D eigenvalue weighted by atomic mass is 10.0. The summed E-state index contributed by atoms with van der Waals surface area (Å²) in [6.45, 7) is -0.418. The number of hydrogen-bond donors (Lipinski definition) is 3. The number of anilines is 1. The Labute approximate surface area is 192 Å². The molecular weight excluding hydrogens is 477 g/mol. The van der Waals surface area contributed by atoms with Gasteiger partial charge in [0.05, 0.1) is 19.3 Å². The Kier molecular flexibility index (Phi) is 7.44. The highest BCUT2D eigenvalue weighted by Gasteiger charge is 2.40. The van der Waals surface area contributed by atoms with Crippen molar-refractivity contribution >= 4 is 38.6 Å².